The molecular weight excluding hydrogens is 163 g/mol. The van der Waals surface area contributed by atoms with Crippen LogP contribution >= 0.6 is 0 Å². The van der Waals surface area contributed by atoms with Gasteiger partial charge in [0.1, 0.15) is 0 Å². The van der Waals surface area contributed by atoms with Crippen LogP contribution in [0.5, 0.6) is 0 Å². The Balaban J connectivity index is -0.0000000910. The van der Waals surface area contributed by atoms with E-state index < -0.39 is 6.16 Å². The summed E-state index contributed by atoms with van der Waals surface area (Å²) in [5, 5.41) is 13.9. The average molecular weight is 176 g/mol. The molecule has 58 valence electrons. The summed E-state index contributed by atoms with van der Waals surface area (Å²) in [5.74, 6) is 0. The normalized spacial score (nSPS) is 6.60. The number of rotatable bonds is 2. The van der Waals surface area contributed by atoms with Crippen molar-refractivity contribution in [3.05, 3.63) is 0 Å². The molecule has 0 heterocycles. The second-order valence-corrected chi connectivity index (χ2v) is 1.06. The summed E-state index contributed by atoms with van der Waals surface area (Å²) in [6.07, 6.45) is -1.83. The molecule has 0 aliphatic carbocycles. The third-order valence-corrected chi connectivity index (χ3v) is 0.408. The van der Waals surface area contributed by atoms with Crippen LogP contribution in [0.3, 0.4) is 0 Å². The molecule has 5 heteroatoms. The molecule has 0 radical (unpaired) electrons. The van der Waals surface area contributed by atoms with Gasteiger partial charge in [0.2, 0.25) is 0 Å². The van der Waals surface area contributed by atoms with E-state index in [2.05, 4.69) is 0 Å². The van der Waals surface area contributed by atoms with Gasteiger partial charge in [-0.25, -0.2) is 4.79 Å². The van der Waals surface area contributed by atoms with Crippen LogP contribution in [0.2, 0.25) is 0 Å². The fraction of sp³-hybridized carbons (Fsp3) is 0.800. The van der Waals surface area contributed by atoms with Crippen molar-refractivity contribution >= 4 is 57.5 Å². The van der Waals surface area contributed by atoms with Gasteiger partial charge in [-0.3, -0.25) is 0 Å². The molecule has 0 aliphatic rings. The fourth-order valence-electron chi connectivity index (χ4n) is 0.204. The number of ether oxygens (including phenoxy) is 1. The van der Waals surface area contributed by atoms with Crippen molar-refractivity contribution in [2.45, 2.75) is 13.8 Å². The Morgan fingerprint density at radius 1 is 1.30 bits per heavy atom. The van der Waals surface area contributed by atoms with Crippen molar-refractivity contribution < 1.29 is 19.7 Å². The summed E-state index contributed by atoms with van der Waals surface area (Å²) in [4.78, 5) is 8.56. The number of hydrogen-bond donors (Lipinski definition) is 2. The molecular formula is C5H13KO4. The van der Waals surface area contributed by atoms with Crippen molar-refractivity contribution in [2.24, 2.45) is 0 Å². The van der Waals surface area contributed by atoms with Crippen LogP contribution < -0.4 is 0 Å². The molecule has 0 aromatic carbocycles. The van der Waals surface area contributed by atoms with Crippen LogP contribution in [-0.4, -0.2) is 81.0 Å². The van der Waals surface area contributed by atoms with Gasteiger partial charge in [-0.05, 0) is 13.8 Å². The first-order chi connectivity index (χ1) is 4.15. The molecule has 0 saturated carbocycles. The Kier molecular flexibility index (Phi) is 28.1. The van der Waals surface area contributed by atoms with Crippen molar-refractivity contribution in [3.63, 3.8) is 0 Å². The summed E-state index contributed by atoms with van der Waals surface area (Å²) >= 11 is 0. The maximum absolute atomic E-state index is 8.56. The fourth-order valence-corrected chi connectivity index (χ4v) is 0.204. The minimum absolute atomic E-state index is 0. The summed E-state index contributed by atoms with van der Waals surface area (Å²) < 4.78 is 4.83. The van der Waals surface area contributed by atoms with E-state index in [1.807, 2.05) is 13.8 Å². The van der Waals surface area contributed by atoms with E-state index in [1.54, 1.807) is 0 Å². The summed E-state index contributed by atoms with van der Waals surface area (Å²) in [6, 6.07) is 0. The molecule has 0 spiro atoms. The first-order valence-corrected chi connectivity index (χ1v) is 2.64. The molecule has 0 saturated heterocycles. The Labute approximate surface area is 103 Å². The predicted molar refractivity (Wildman–Crippen MR) is 40.0 cm³/mol. The standard InChI is InChI=1S/C4H10O.CH2O3.K.H/c1-3-5-4-2;2-1(3)4;;/h3-4H2,1-2H3;(H2,2,3,4);;. The van der Waals surface area contributed by atoms with Gasteiger partial charge in [0, 0.05) is 13.2 Å². The van der Waals surface area contributed by atoms with Crippen molar-refractivity contribution in [1.29, 1.82) is 0 Å². The van der Waals surface area contributed by atoms with Gasteiger partial charge in [0.15, 0.2) is 0 Å². The van der Waals surface area contributed by atoms with E-state index in [9.17, 15) is 0 Å². The molecule has 0 fully saturated rings. The van der Waals surface area contributed by atoms with Crippen LogP contribution in [0.4, 0.5) is 4.79 Å². The second-order valence-electron chi connectivity index (χ2n) is 1.06. The molecule has 0 atom stereocenters. The van der Waals surface area contributed by atoms with Crippen LogP contribution in [0, 0.1) is 0 Å². The van der Waals surface area contributed by atoms with Crippen LogP contribution in [0.25, 0.3) is 0 Å². The molecule has 4 nitrogen and oxygen atoms in total. The number of hydrogen-bond acceptors (Lipinski definition) is 2. The molecule has 2 N–H and O–H groups in total. The molecule has 0 aromatic rings. The summed E-state index contributed by atoms with van der Waals surface area (Å²) in [7, 11) is 0. The van der Waals surface area contributed by atoms with Crippen LogP contribution in [-0.2, 0) is 4.74 Å². The number of carboxylic acid groups (broad SMARTS) is 2. The quantitative estimate of drug-likeness (QED) is 0.605. The Morgan fingerprint density at radius 3 is 1.50 bits per heavy atom. The summed E-state index contributed by atoms with van der Waals surface area (Å²) in [6.45, 7) is 5.67. The Morgan fingerprint density at radius 2 is 1.50 bits per heavy atom. The van der Waals surface area contributed by atoms with E-state index in [0.29, 0.717) is 0 Å². The molecule has 10 heavy (non-hydrogen) atoms. The Bertz CT molecular complexity index is 60.7. The summed E-state index contributed by atoms with van der Waals surface area (Å²) in [5.41, 5.74) is 0. The third kappa shape index (κ3) is 66.8. The average Bonchev–Trinajstić information content (AvgIpc) is 1.66. The van der Waals surface area contributed by atoms with Gasteiger partial charge >= 0.3 is 57.5 Å². The van der Waals surface area contributed by atoms with Gasteiger partial charge in [-0.15, -0.1) is 0 Å². The van der Waals surface area contributed by atoms with E-state index in [4.69, 9.17) is 19.7 Å². The Hall–Kier alpha value is 0.866. The van der Waals surface area contributed by atoms with Gasteiger partial charge < -0.3 is 14.9 Å². The van der Waals surface area contributed by atoms with Crippen molar-refractivity contribution in [1.82, 2.24) is 0 Å². The molecule has 0 aliphatic heterocycles. The van der Waals surface area contributed by atoms with E-state index in [0.717, 1.165) is 13.2 Å². The third-order valence-electron chi connectivity index (χ3n) is 0.408. The molecule has 0 unspecified atom stereocenters. The van der Waals surface area contributed by atoms with Crippen LogP contribution in [0.1, 0.15) is 13.8 Å². The zero-order valence-corrected chi connectivity index (χ0v) is 5.63. The molecule has 0 bridgehead atoms. The molecule has 0 amide bonds. The monoisotopic (exact) mass is 176 g/mol. The zero-order chi connectivity index (χ0) is 7.70. The maximum atomic E-state index is 8.56. The van der Waals surface area contributed by atoms with Gasteiger partial charge in [0.05, 0.1) is 0 Å². The molecule has 0 aromatic heterocycles. The topological polar surface area (TPSA) is 66.8 Å². The van der Waals surface area contributed by atoms with Gasteiger partial charge in [-0.2, -0.15) is 0 Å². The van der Waals surface area contributed by atoms with Crippen molar-refractivity contribution in [2.75, 3.05) is 13.2 Å². The molecule has 0 rings (SSSR count). The first-order valence-electron chi connectivity index (χ1n) is 2.64. The zero-order valence-electron chi connectivity index (χ0n) is 5.63. The van der Waals surface area contributed by atoms with E-state index >= 15 is 0 Å². The minimum atomic E-state index is -1.83. The van der Waals surface area contributed by atoms with Crippen LogP contribution in [0.15, 0.2) is 0 Å². The predicted octanol–water partition coefficient (Wildman–Crippen LogP) is 0.617. The van der Waals surface area contributed by atoms with E-state index in [-0.39, 0.29) is 51.4 Å². The number of carbonyl (C=O) groups is 1. The first kappa shape index (κ1) is 17.1. The second kappa shape index (κ2) is 16.5. The SMILES string of the molecule is CCOCC.O=C(O)O.[KH]. The van der Waals surface area contributed by atoms with Gasteiger partial charge in [-0.1, -0.05) is 0 Å². The van der Waals surface area contributed by atoms with E-state index in [1.165, 1.54) is 0 Å². The van der Waals surface area contributed by atoms with Crippen molar-refractivity contribution in [3.8, 4) is 0 Å². The van der Waals surface area contributed by atoms with Gasteiger partial charge in [0.25, 0.3) is 0 Å².